The second-order valence-electron chi connectivity index (χ2n) is 13.8. The highest BCUT2D eigenvalue weighted by molar-refractivity contribution is 6.91. The van der Waals surface area contributed by atoms with E-state index in [1.54, 1.807) is 0 Å². The maximum Gasteiger partial charge on any atom is 0.0792 e. The average molecular weight is 537 g/mol. The molecule has 0 saturated heterocycles. The Hall–Kier alpha value is -2.45. The molecule has 184 valence electrons. The molecule has 0 aliphatic heterocycles. The fraction of sp³-hybridized carbons (Fsp3) is 0.375. The Balaban J connectivity index is 2.88. The van der Waals surface area contributed by atoms with Gasteiger partial charge in [-0.2, -0.15) is 0 Å². The van der Waals surface area contributed by atoms with E-state index in [1.807, 2.05) is 0 Å². The van der Waals surface area contributed by atoms with E-state index in [2.05, 4.69) is 149 Å². The SMILES string of the molecule is C[Si](C)(C)c1ccc([Si](C)(C)C)c2c1=C=C=C=C=c1c([Si](C)(C)C)ccc([Si](C)(C)C)c1=C=C=C=C=2. The van der Waals surface area contributed by atoms with Crippen LogP contribution in [0, 0.1) is 0 Å². The Labute approximate surface area is 221 Å². The van der Waals surface area contributed by atoms with Crippen molar-refractivity contribution in [1.82, 2.24) is 0 Å². The Morgan fingerprint density at radius 1 is 0.333 bits per heavy atom. The van der Waals surface area contributed by atoms with Crippen LogP contribution in [-0.2, 0) is 0 Å². The van der Waals surface area contributed by atoms with E-state index in [0.717, 1.165) is 20.9 Å². The molecule has 0 atom stereocenters. The summed E-state index contributed by atoms with van der Waals surface area (Å²) in [5, 5.41) is 9.77. The molecular formula is C32H40Si4. The van der Waals surface area contributed by atoms with Crippen LogP contribution < -0.4 is 41.6 Å². The molecule has 0 spiro atoms. The van der Waals surface area contributed by atoms with E-state index in [0.29, 0.717) is 0 Å². The highest BCUT2D eigenvalue weighted by Gasteiger charge is 2.25. The highest BCUT2D eigenvalue weighted by atomic mass is 28.3. The summed E-state index contributed by atoms with van der Waals surface area (Å²) in [5.41, 5.74) is 27.1. The van der Waals surface area contributed by atoms with E-state index in [9.17, 15) is 0 Å². The highest BCUT2D eigenvalue weighted by Crippen LogP contribution is 2.02. The smallest absolute Gasteiger partial charge is 0.0656 e. The summed E-state index contributed by atoms with van der Waals surface area (Å²) in [7, 11) is -6.54. The molecule has 0 bridgehead atoms. The standard InChI is InChI=1S/C32H40Si4/c1-33(2,3)29-21-22-30(34(4,5)6)26-18-15-16-20-28-27(19-14-13-17-25(26)29)31(35(7,8)9)23-24-32(28)36(10,11)12/h21-24H,1-12H3. The van der Waals surface area contributed by atoms with Gasteiger partial charge in [0.2, 0.25) is 0 Å². The van der Waals surface area contributed by atoms with Crippen molar-refractivity contribution in [1.29, 1.82) is 0 Å². The summed E-state index contributed by atoms with van der Waals surface area (Å²) in [4.78, 5) is 0. The van der Waals surface area contributed by atoms with Crippen LogP contribution in [0.2, 0.25) is 78.6 Å². The van der Waals surface area contributed by atoms with Gasteiger partial charge < -0.3 is 0 Å². The van der Waals surface area contributed by atoms with Crippen LogP contribution >= 0.6 is 0 Å². The first-order valence-electron chi connectivity index (χ1n) is 12.8. The van der Waals surface area contributed by atoms with Crippen LogP contribution in [0.3, 0.4) is 0 Å². The first-order valence-corrected chi connectivity index (χ1v) is 26.8. The van der Waals surface area contributed by atoms with Gasteiger partial charge in [-0.05, 0) is 43.7 Å². The zero-order chi connectivity index (χ0) is 27.1. The minimum atomic E-state index is -1.63. The molecule has 0 N–H and O–H groups in total. The third kappa shape index (κ3) is 6.09. The number of hydrogen-bond donors (Lipinski definition) is 0. The Bertz CT molecular complexity index is 1470. The van der Waals surface area contributed by atoms with Crippen molar-refractivity contribution in [3.05, 3.63) is 68.1 Å². The van der Waals surface area contributed by atoms with E-state index >= 15 is 0 Å². The predicted molar refractivity (Wildman–Crippen MR) is 171 cm³/mol. The van der Waals surface area contributed by atoms with Crippen molar-refractivity contribution in [3.63, 3.8) is 0 Å². The van der Waals surface area contributed by atoms with Crippen molar-refractivity contribution < 1.29 is 0 Å². The van der Waals surface area contributed by atoms with Gasteiger partial charge in [0.15, 0.2) is 0 Å². The molecule has 0 heterocycles. The predicted octanol–water partition coefficient (Wildman–Crippen LogP) is 2.83. The molecule has 0 fully saturated rings. The van der Waals surface area contributed by atoms with Crippen LogP contribution in [0.25, 0.3) is 22.9 Å². The normalized spacial score (nSPS) is 13.0. The fourth-order valence-electron chi connectivity index (χ4n) is 4.60. The molecule has 0 amide bonds. The zero-order valence-electron chi connectivity index (χ0n) is 24.3. The van der Waals surface area contributed by atoms with Crippen LogP contribution in [0.15, 0.2) is 47.2 Å². The van der Waals surface area contributed by atoms with Gasteiger partial charge >= 0.3 is 0 Å². The van der Waals surface area contributed by atoms with E-state index in [4.69, 9.17) is 0 Å². The zero-order valence-corrected chi connectivity index (χ0v) is 28.3. The molecular weight excluding hydrogens is 497 g/mol. The van der Waals surface area contributed by atoms with Crippen LogP contribution in [0.4, 0.5) is 0 Å². The largest absolute Gasteiger partial charge is 0.0792 e. The third-order valence-electron chi connectivity index (χ3n) is 6.52. The molecule has 1 aliphatic rings. The number of fused-ring (bicyclic) bond motifs is 2. The summed E-state index contributed by atoms with van der Waals surface area (Å²) in [5.74, 6) is 0. The number of hydrogen-bond acceptors (Lipinski definition) is 0. The number of rotatable bonds is 4. The third-order valence-corrected chi connectivity index (χ3v) is 14.6. The molecule has 2 aromatic carbocycles. The van der Waals surface area contributed by atoms with Crippen LogP contribution in [0.1, 0.15) is 0 Å². The summed E-state index contributed by atoms with van der Waals surface area (Å²) < 4.78 is 0. The average Bonchev–Trinajstić information content (AvgIpc) is 2.70. The van der Waals surface area contributed by atoms with Gasteiger partial charge in [-0.3, -0.25) is 0 Å². The lowest BCUT2D eigenvalue weighted by Gasteiger charge is -2.22. The minimum Gasteiger partial charge on any atom is -0.0656 e. The van der Waals surface area contributed by atoms with Gasteiger partial charge in [0.1, 0.15) is 0 Å². The number of benzene rings is 2. The van der Waals surface area contributed by atoms with Gasteiger partial charge in [-0.25, -0.2) is 0 Å². The maximum absolute atomic E-state index is 3.51. The summed E-state index contributed by atoms with van der Waals surface area (Å²) in [6, 6.07) is 9.27. The van der Waals surface area contributed by atoms with Gasteiger partial charge in [0, 0.05) is 20.9 Å². The molecule has 0 nitrogen and oxygen atoms in total. The lowest BCUT2D eigenvalue weighted by atomic mass is 10.2. The molecule has 0 unspecified atom stereocenters. The minimum absolute atomic E-state index is 1.08. The van der Waals surface area contributed by atoms with Crippen molar-refractivity contribution in [3.8, 4) is 0 Å². The second-order valence-corrected chi connectivity index (χ2v) is 34.0. The van der Waals surface area contributed by atoms with Gasteiger partial charge in [0.05, 0.1) is 32.3 Å². The maximum atomic E-state index is 3.51. The van der Waals surface area contributed by atoms with Crippen molar-refractivity contribution >= 4 is 76.0 Å². The van der Waals surface area contributed by atoms with Gasteiger partial charge in [-0.15, -0.1) is 0 Å². The first-order chi connectivity index (χ1) is 16.4. The van der Waals surface area contributed by atoms with Crippen LogP contribution in [-0.4, -0.2) is 32.3 Å². The molecule has 0 aromatic heterocycles. The summed E-state index contributed by atoms with van der Waals surface area (Å²) in [6.07, 6.45) is 0. The molecule has 0 saturated carbocycles. The molecule has 4 heteroatoms. The van der Waals surface area contributed by atoms with E-state index in [1.165, 1.54) is 20.7 Å². The molecule has 36 heavy (non-hydrogen) atoms. The monoisotopic (exact) mass is 536 g/mol. The second kappa shape index (κ2) is 9.78. The van der Waals surface area contributed by atoms with Gasteiger partial charge in [-0.1, -0.05) is 126 Å². The molecule has 3 rings (SSSR count). The fourth-order valence-corrected chi connectivity index (χ4v) is 10.7. The first kappa shape index (κ1) is 28.1. The van der Waals surface area contributed by atoms with Crippen molar-refractivity contribution in [2.75, 3.05) is 0 Å². The van der Waals surface area contributed by atoms with Gasteiger partial charge in [0.25, 0.3) is 0 Å². The van der Waals surface area contributed by atoms with Crippen LogP contribution in [0.5, 0.6) is 0 Å². The van der Waals surface area contributed by atoms with Crippen molar-refractivity contribution in [2.45, 2.75) is 78.6 Å². The summed E-state index contributed by atoms with van der Waals surface area (Å²) >= 11 is 0. The Kier molecular flexibility index (Phi) is 7.64. The topological polar surface area (TPSA) is 0 Å². The summed E-state index contributed by atoms with van der Waals surface area (Å²) in [6.45, 7) is 28.5. The lowest BCUT2D eigenvalue weighted by molar-refractivity contribution is 1.55. The quantitative estimate of drug-likeness (QED) is 0.355. The Morgan fingerprint density at radius 3 is 0.639 bits per heavy atom. The molecule has 0 radical (unpaired) electrons. The van der Waals surface area contributed by atoms with Crippen molar-refractivity contribution in [2.24, 2.45) is 0 Å². The molecule has 2 aromatic rings. The van der Waals surface area contributed by atoms with E-state index in [-0.39, 0.29) is 0 Å². The Morgan fingerprint density at radius 2 is 0.500 bits per heavy atom. The van der Waals surface area contributed by atoms with E-state index < -0.39 is 32.3 Å². The molecule has 1 aliphatic carbocycles. The lowest BCUT2D eigenvalue weighted by Crippen LogP contribution is -2.60.